The quantitative estimate of drug-likeness (QED) is 0.566. The lowest BCUT2D eigenvalue weighted by atomic mass is 10.1. The Kier molecular flexibility index (Phi) is 8.35. The molecule has 1 atom stereocenters. The number of methoxy groups -OCH3 is 1. The average molecular weight is 341 g/mol. The van der Waals surface area contributed by atoms with Crippen molar-refractivity contribution < 1.29 is 14.3 Å². The monoisotopic (exact) mass is 341 g/mol. The third-order valence-electron chi connectivity index (χ3n) is 4.14. The number of carbonyl (C=O) groups excluding carboxylic acids is 2. The second kappa shape index (κ2) is 10.00. The molecule has 138 valence electrons. The summed E-state index contributed by atoms with van der Waals surface area (Å²) in [5, 5.41) is 6.70. The zero-order valence-corrected chi connectivity index (χ0v) is 15.5. The maximum atomic E-state index is 11.8. The minimum atomic E-state index is -0.281. The molecule has 1 rings (SSSR count). The minimum Gasteiger partial charge on any atom is -0.453 e. The molecule has 1 aliphatic heterocycles. The van der Waals surface area contributed by atoms with Crippen LogP contribution in [0.2, 0.25) is 0 Å². The van der Waals surface area contributed by atoms with Crippen molar-refractivity contribution in [2.24, 2.45) is 4.99 Å². The summed E-state index contributed by atoms with van der Waals surface area (Å²) in [6.45, 7) is 5.58. The first-order valence-corrected chi connectivity index (χ1v) is 8.47. The van der Waals surface area contributed by atoms with Crippen molar-refractivity contribution in [1.29, 1.82) is 0 Å². The summed E-state index contributed by atoms with van der Waals surface area (Å²) in [4.78, 5) is 30.9. The van der Waals surface area contributed by atoms with Gasteiger partial charge in [-0.15, -0.1) is 0 Å². The molecule has 1 saturated heterocycles. The molecule has 0 radical (unpaired) electrons. The number of guanidine groups is 1. The molecule has 1 unspecified atom stereocenters. The molecule has 24 heavy (non-hydrogen) atoms. The Bertz CT molecular complexity index is 445. The normalized spacial score (nSPS) is 17.2. The van der Waals surface area contributed by atoms with E-state index in [1.807, 2.05) is 0 Å². The van der Waals surface area contributed by atoms with E-state index < -0.39 is 0 Å². The van der Waals surface area contributed by atoms with Crippen LogP contribution < -0.4 is 10.6 Å². The molecule has 0 aliphatic carbocycles. The predicted molar refractivity (Wildman–Crippen MR) is 94.0 cm³/mol. The highest BCUT2D eigenvalue weighted by molar-refractivity contribution is 5.85. The summed E-state index contributed by atoms with van der Waals surface area (Å²) in [6, 6.07) is 0.483. The predicted octanol–water partition coefficient (Wildman–Crippen LogP) is 0.639. The Labute approximate surface area is 144 Å². The second-order valence-corrected chi connectivity index (χ2v) is 6.28. The van der Waals surface area contributed by atoms with Gasteiger partial charge in [-0.2, -0.15) is 0 Å². The van der Waals surface area contributed by atoms with Crippen LogP contribution in [0.5, 0.6) is 0 Å². The van der Waals surface area contributed by atoms with Crippen molar-refractivity contribution >= 4 is 18.0 Å². The number of piperidine rings is 1. The van der Waals surface area contributed by atoms with E-state index in [0.29, 0.717) is 19.0 Å². The fourth-order valence-corrected chi connectivity index (χ4v) is 2.29. The second-order valence-electron chi connectivity index (χ2n) is 6.28. The van der Waals surface area contributed by atoms with Crippen LogP contribution in [-0.2, 0) is 9.53 Å². The Morgan fingerprint density at radius 2 is 1.96 bits per heavy atom. The van der Waals surface area contributed by atoms with Crippen LogP contribution in [0.25, 0.3) is 0 Å². The van der Waals surface area contributed by atoms with Gasteiger partial charge in [-0.1, -0.05) is 6.92 Å². The van der Waals surface area contributed by atoms with E-state index in [-0.39, 0.29) is 30.6 Å². The number of likely N-dealkylation sites (N-methyl/N-ethyl adjacent to an activating group) is 1. The van der Waals surface area contributed by atoms with E-state index in [1.54, 1.807) is 19.0 Å². The first-order chi connectivity index (χ1) is 11.4. The summed E-state index contributed by atoms with van der Waals surface area (Å²) in [7, 11) is 4.83. The molecular weight excluding hydrogens is 310 g/mol. The van der Waals surface area contributed by atoms with Gasteiger partial charge in [0.25, 0.3) is 0 Å². The fraction of sp³-hybridized carbons (Fsp3) is 0.812. The average Bonchev–Trinajstić information content (AvgIpc) is 2.58. The Morgan fingerprint density at radius 3 is 2.46 bits per heavy atom. The summed E-state index contributed by atoms with van der Waals surface area (Å²) in [5.74, 6) is 0.608. The van der Waals surface area contributed by atoms with Crippen molar-refractivity contribution in [2.75, 3.05) is 40.8 Å². The van der Waals surface area contributed by atoms with Gasteiger partial charge in [0.1, 0.15) is 6.54 Å². The topological polar surface area (TPSA) is 86.3 Å². The smallest absolute Gasteiger partial charge is 0.409 e. The molecule has 0 aromatic carbocycles. The molecule has 2 amide bonds. The number of amides is 2. The third-order valence-corrected chi connectivity index (χ3v) is 4.14. The van der Waals surface area contributed by atoms with Crippen LogP contribution >= 0.6 is 0 Å². The molecule has 0 saturated carbocycles. The highest BCUT2D eigenvalue weighted by atomic mass is 16.5. The number of nitrogens with one attached hydrogen (secondary N) is 2. The van der Waals surface area contributed by atoms with Gasteiger partial charge in [-0.25, -0.2) is 9.79 Å². The fourth-order valence-electron chi connectivity index (χ4n) is 2.29. The van der Waals surface area contributed by atoms with Gasteiger partial charge >= 0.3 is 6.09 Å². The molecular formula is C16H31N5O3. The van der Waals surface area contributed by atoms with Gasteiger partial charge in [0.05, 0.1) is 7.11 Å². The van der Waals surface area contributed by atoms with Crippen LogP contribution in [-0.4, -0.2) is 80.7 Å². The molecule has 8 nitrogen and oxygen atoms in total. The van der Waals surface area contributed by atoms with Crippen molar-refractivity contribution in [1.82, 2.24) is 20.4 Å². The SMILES string of the molecule is CCC(C)NC(=NCC(=O)N(C)C)NC1CCN(C(=O)OC)CC1. The standard InChI is InChI=1S/C16H31N5O3/c1-6-12(2)18-15(17-11-14(22)20(3)4)19-13-7-9-21(10-8-13)16(23)24-5/h12-13H,6-11H2,1-5H3,(H2,17,18,19). The van der Waals surface area contributed by atoms with Gasteiger partial charge in [-0.3, -0.25) is 4.79 Å². The number of rotatable bonds is 5. The lowest BCUT2D eigenvalue weighted by Crippen LogP contribution is -2.51. The number of hydrogen-bond donors (Lipinski definition) is 2. The summed E-state index contributed by atoms with van der Waals surface area (Å²) in [6.07, 6.45) is 2.32. The molecule has 1 aliphatic rings. The third kappa shape index (κ3) is 6.64. The van der Waals surface area contributed by atoms with Crippen LogP contribution in [0.3, 0.4) is 0 Å². The van der Waals surface area contributed by atoms with Crippen molar-refractivity contribution in [3.05, 3.63) is 0 Å². The number of carbonyl (C=O) groups is 2. The van der Waals surface area contributed by atoms with Crippen LogP contribution in [0.15, 0.2) is 4.99 Å². The Hall–Kier alpha value is -1.99. The van der Waals surface area contributed by atoms with Crippen LogP contribution in [0.1, 0.15) is 33.1 Å². The largest absolute Gasteiger partial charge is 0.453 e. The maximum Gasteiger partial charge on any atom is 0.409 e. The molecule has 2 N–H and O–H groups in total. The number of likely N-dealkylation sites (tertiary alicyclic amines) is 1. The Morgan fingerprint density at radius 1 is 1.33 bits per heavy atom. The van der Waals surface area contributed by atoms with Gasteiger partial charge < -0.3 is 25.2 Å². The highest BCUT2D eigenvalue weighted by Gasteiger charge is 2.24. The van der Waals surface area contributed by atoms with E-state index in [0.717, 1.165) is 19.3 Å². The zero-order valence-electron chi connectivity index (χ0n) is 15.5. The van der Waals surface area contributed by atoms with Crippen molar-refractivity contribution in [3.63, 3.8) is 0 Å². The first kappa shape index (κ1) is 20.1. The first-order valence-electron chi connectivity index (χ1n) is 8.47. The molecule has 8 heteroatoms. The summed E-state index contributed by atoms with van der Waals surface area (Å²) >= 11 is 0. The van der Waals surface area contributed by atoms with E-state index in [2.05, 4.69) is 29.5 Å². The number of nitrogens with zero attached hydrogens (tertiary/aromatic N) is 3. The van der Waals surface area contributed by atoms with E-state index in [4.69, 9.17) is 4.74 Å². The molecule has 0 aromatic heterocycles. The number of aliphatic imine (C=N–C) groups is 1. The zero-order chi connectivity index (χ0) is 18.1. The van der Waals surface area contributed by atoms with Gasteiger partial charge in [0.15, 0.2) is 5.96 Å². The molecule has 0 bridgehead atoms. The molecule has 1 heterocycles. The van der Waals surface area contributed by atoms with Gasteiger partial charge in [0.2, 0.25) is 5.91 Å². The van der Waals surface area contributed by atoms with E-state index in [1.165, 1.54) is 12.0 Å². The van der Waals surface area contributed by atoms with Gasteiger partial charge in [0, 0.05) is 39.3 Å². The van der Waals surface area contributed by atoms with Crippen LogP contribution in [0, 0.1) is 0 Å². The number of hydrogen-bond acceptors (Lipinski definition) is 4. The lowest BCUT2D eigenvalue weighted by molar-refractivity contribution is -0.127. The van der Waals surface area contributed by atoms with Crippen molar-refractivity contribution in [3.8, 4) is 0 Å². The van der Waals surface area contributed by atoms with E-state index >= 15 is 0 Å². The lowest BCUT2D eigenvalue weighted by Gasteiger charge is -2.32. The Balaban J connectivity index is 2.60. The summed E-state index contributed by atoms with van der Waals surface area (Å²) < 4.78 is 4.75. The molecule has 0 spiro atoms. The molecule has 1 fully saturated rings. The van der Waals surface area contributed by atoms with E-state index in [9.17, 15) is 9.59 Å². The van der Waals surface area contributed by atoms with Crippen LogP contribution in [0.4, 0.5) is 4.79 Å². The highest BCUT2D eigenvalue weighted by Crippen LogP contribution is 2.11. The minimum absolute atomic E-state index is 0.0410. The summed E-state index contributed by atoms with van der Waals surface area (Å²) in [5.41, 5.74) is 0. The molecule has 0 aromatic rings. The van der Waals surface area contributed by atoms with Gasteiger partial charge in [-0.05, 0) is 26.2 Å². The van der Waals surface area contributed by atoms with Crippen molar-refractivity contribution in [2.45, 2.75) is 45.2 Å². The maximum absolute atomic E-state index is 11.8. The number of ether oxygens (including phenoxy) is 1.